The number of Topliss-reactive ketones (excluding diaryl/α,β-unsaturated/α-hetero) is 1. The monoisotopic (exact) mass is 287 g/mol. The standard InChI is InChI=1S/C14H16F3NO2/c15-14(16,17)12-3-1-11(2-4-12)13(19)5-6-18-7-9-20-10-8-18/h1-4H,5-10H2. The first-order chi connectivity index (χ1) is 9.47. The number of hydrogen-bond acceptors (Lipinski definition) is 3. The number of hydrogen-bond donors (Lipinski definition) is 0. The Labute approximate surface area is 115 Å². The lowest BCUT2D eigenvalue weighted by molar-refractivity contribution is -0.137. The summed E-state index contributed by atoms with van der Waals surface area (Å²) in [5, 5.41) is 0. The maximum Gasteiger partial charge on any atom is 0.416 e. The van der Waals surface area contributed by atoms with Crippen molar-refractivity contribution >= 4 is 5.78 Å². The van der Waals surface area contributed by atoms with Crippen LogP contribution in [0.2, 0.25) is 0 Å². The van der Waals surface area contributed by atoms with Crippen LogP contribution in [0.4, 0.5) is 13.2 Å². The van der Waals surface area contributed by atoms with E-state index in [0.29, 0.717) is 31.7 Å². The maximum atomic E-state index is 12.4. The molecule has 1 saturated heterocycles. The van der Waals surface area contributed by atoms with E-state index < -0.39 is 11.7 Å². The molecule has 0 bridgehead atoms. The van der Waals surface area contributed by atoms with Crippen LogP contribution in [0.5, 0.6) is 0 Å². The summed E-state index contributed by atoms with van der Waals surface area (Å²) in [4.78, 5) is 14.0. The second-order valence-electron chi connectivity index (χ2n) is 4.70. The number of carbonyl (C=O) groups is 1. The van der Waals surface area contributed by atoms with Crippen molar-refractivity contribution in [2.75, 3.05) is 32.8 Å². The van der Waals surface area contributed by atoms with Crippen molar-refractivity contribution in [3.63, 3.8) is 0 Å². The number of carbonyl (C=O) groups excluding carboxylic acids is 1. The molecule has 0 radical (unpaired) electrons. The van der Waals surface area contributed by atoms with Crippen LogP contribution in [0.3, 0.4) is 0 Å². The summed E-state index contributed by atoms with van der Waals surface area (Å²) in [5.41, 5.74) is -0.409. The maximum absolute atomic E-state index is 12.4. The third-order valence-electron chi connectivity index (χ3n) is 3.29. The van der Waals surface area contributed by atoms with Gasteiger partial charge in [-0.05, 0) is 12.1 Å². The highest BCUT2D eigenvalue weighted by Gasteiger charge is 2.30. The highest BCUT2D eigenvalue weighted by molar-refractivity contribution is 5.96. The Hall–Kier alpha value is -1.40. The Balaban J connectivity index is 1.89. The number of rotatable bonds is 4. The summed E-state index contributed by atoms with van der Waals surface area (Å²) in [6.07, 6.45) is -4.05. The van der Waals surface area contributed by atoms with Crippen molar-refractivity contribution in [3.05, 3.63) is 35.4 Å². The van der Waals surface area contributed by atoms with Gasteiger partial charge in [-0.1, -0.05) is 12.1 Å². The van der Waals surface area contributed by atoms with Gasteiger partial charge in [0.2, 0.25) is 0 Å². The fourth-order valence-electron chi connectivity index (χ4n) is 2.07. The number of ketones is 1. The first-order valence-corrected chi connectivity index (χ1v) is 6.47. The predicted octanol–water partition coefficient (Wildman–Crippen LogP) is 2.61. The molecule has 0 N–H and O–H groups in total. The van der Waals surface area contributed by atoms with Crippen LogP contribution in [0.25, 0.3) is 0 Å². The minimum Gasteiger partial charge on any atom is -0.379 e. The van der Waals surface area contributed by atoms with Crippen LogP contribution < -0.4 is 0 Å². The van der Waals surface area contributed by atoms with Crippen molar-refractivity contribution in [2.24, 2.45) is 0 Å². The Kier molecular flexibility index (Phi) is 4.77. The van der Waals surface area contributed by atoms with Crippen LogP contribution in [0.15, 0.2) is 24.3 Å². The quantitative estimate of drug-likeness (QED) is 0.797. The van der Waals surface area contributed by atoms with Crippen molar-refractivity contribution in [1.82, 2.24) is 4.90 Å². The van der Waals surface area contributed by atoms with E-state index in [1.54, 1.807) is 0 Å². The van der Waals surface area contributed by atoms with Gasteiger partial charge in [0, 0.05) is 31.6 Å². The number of ether oxygens (including phenoxy) is 1. The zero-order chi connectivity index (χ0) is 14.6. The summed E-state index contributed by atoms with van der Waals surface area (Å²) >= 11 is 0. The molecule has 0 amide bonds. The molecule has 1 aliphatic heterocycles. The van der Waals surface area contributed by atoms with Crippen LogP contribution >= 0.6 is 0 Å². The van der Waals surface area contributed by atoms with Gasteiger partial charge in [0.05, 0.1) is 18.8 Å². The van der Waals surface area contributed by atoms with Crippen LogP contribution in [0, 0.1) is 0 Å². The van der Waals surface area contributed by atoms with E-state index in [9.17, 15) is 18.0 Å². The Morgan fingerprint density at radius 1 is 1.15 bits per heavy atom. The number of alkyl halides is 3. The first kappa shape index (κ1) is 15.0. The van der Waals surface area contributed by atoms with Gasteiger partial charge >= 0.3 is 6.18 Å². The van der Waals surface area contributed by atoms with Crippen molar-refractivity contribution in [3.8, 4) is 0 Å². The Bertz CT molecular complexity index is 450. The molecule has 0 saturated carbocycles. The van der Waals surface area contributed by atoms with Gasteiger partial charge in [0.15, 0.2) is 5.78 Å². The van der Waals surface area contributed by atoms with Crippen LogP contribution in [-0.4, -0.2) is 43.5 Å². The van der Waals surface area contributed by atoms with Crippen LogP contribution in [-0.2, 0) is 10.9 Å². The molecule has 1 aromatic carbocycles. The molecule has 0 unspecified atom stereocenters. The normalized spacial score (nSPS) is 17.1. The molecule has 110 valence electrons. The van der Waals surface area contributed by atoms with E-state index >= 15 is 0 Å². The largest absolute Gasteiger partial charge is 0.416 e. The minimum atomic E-state index is -4.37. The van der Waals surface area contributed by atoms with Gasteiger partial charge in [-0.25, -0.2) is 0 Å². The van der Waals surface area contributed by atoms with E-state index in [4.69, 9.17) is 4.74 Å². The van der Waals surface area contributed by atoms with E-state index in [1.165, 1.54) is 12.1 Å². The molecule has 20 heavy (non-hydrogen) atoms. The molecule has 1 fully saturated rings. The molecule has 3 nitrogen and oxygen atoms in total. The zero-order valence-corrected chi connectivity index (χ0v) is 10.9. The fraction of sp³-hybridized carbons (Fsp3) is 0.500. The summed E-state index contributed by atoms with van der Waals surface area (Å²) in [7, 11) is 0. The average Bonchev–Trinajstić information content (AvgIpc) is 2.45. The highest BCUT2D eigenvalue weighted by Crippen LogP contribution is 2.29. The highest BCUT2D eigenvalue weighted by atomic mass is 19.4. The number of morpholine rings is 1. The Morgan fingerprint density at radius 3 is 2.30 bits per heavy atom. The molecule has 6 heteroatoms. The molecule has 1 aromatic rings. The van der Waals surface area contributed by atoms with Crippen molar-refractivity contribution in [2.45, 2.75) is 12.6 Å². The Morgan fingerprint density at radius 2 is 1.75 bits per heavy atom. The van der Waals surface area contributed by atoms with Crippen molar-refractivity contribution < 1.29 is 22.7 Å². The molecular weight excluding hydrogens is 271 g/mol. The van der Waals surface area contributed by atoms with Crippen LogP contribution in [0.1, 0.15) is 22.3 Å². The van der Waals surface area contributed by atoms with Gasteiger partial charge in [0.25, 0.3) is 0 Å². The predicted molar refractivity (Wildman–Crippen MR) is 67.7 cm³/mol. The van der Waals surface area contributed by atoms with E-state index in [1.807, 2.05) is 0 Å². The lowest BCUT2D eigenvalue weighted by atomic mass is 10.1. The van der Waals surface area contributed by atoms with Crippen molar-refractivity contribution in [1.29, 1.82) is 0 Å². The molecule has 0 spiro atoms. The summed E-state index contributed by atoms with van der Waals surface area (Å²) in [6.45, 7) is 3.52. The summed E-state index contributed by atoms with van der Waals surface area (Å²) in [5.74, 6) is -0.134. The smallest absolute Gasteiger partial charge is 0.379 e. The molecule has 2 rings (SSSR count). The number of halogens is 3. The fourth-order valence-corrected chi connectivity index (χ4v) is 2.07. The lowest BCUT2D eigenvalue weighted by Crippen LogP contribution is -2.37. The lowest BCUT2D eigenvalue weighted by Gasteiger charge is -2.26. The van der Waals surface area contributed by atoms with Gasteiger partial charge in [-0.2, -0.15) is 13.2 Å². The number of benzene rings is 1. The molecule has 0 aliphatic carbocycles. The number of nitrogens with zero attached hydrogens (tertiary/aromatic N) is 1. The summed E-state index contributed by atoms with van der Waals surface area (Å²) in [6, 6.07) is 4.37. The molecule has 0 atom stereocenters. The average molecular weight is 287 g/mol. The van der Waals surface area contributed by atoms with Gasteiger partial charge in [-0.3, -0.25) is 9.69 Å². The first-order valence-electron chi connectivity index (χ1n) is 6.47. The molecule has 1 aliphatic rings. The van der Waals surface area contributed by atoms with E-state index in [2.05, 4.69) is 4.90 Å². The third kappa shape index (κ3) is 4.05. The molecule has 0 aromatic heterocycles. The summed E-state index contributed by atoms with van der Waals surface area (Å²) < 4.78 is 42.4. The van der Waals surface area contributed by atoms with E-state index in [0.717, 1.165) is 25.2 Å². The second kappa shape index (κ2) is 6.37. The zero-order valence-electron chi connectivity index (χ0n) is 10.9. The topological polar surface area (TPSA) is 29.5 Å². The van der Waals surface area contributed by atoms with Gasteiger partial charge in [0.1, 0.15) is 0 Å². The van der Waals surface area contributed by atoms with E-state index in [-0.39, 0.29) is 5.78 Å². The third-order valence-corrected chi connectivity index (χ3v) is 3.29. The molecule has 1 heterocycles. The van der Waals surface area contributed by atoms with Gasteiger partial charge in [-0.15, -0.1) is 0 Å². The van der Waals surface area contributed by atoms with Gasteiger partial charge < -0.3 is 4.74 Å². The minimum absolute atomic E-state index is 0.134. The second-order valence-corrected chi connectivity index (χ2v) is 4.70. The SMILES string of the molecule is O=C(CCN1CCOCC1)c1ccc(C(F)(F)F)cc1. The molecular formula is C14H16F3NO2.